The van der Waals surface area contributed by atoms with Crippen LogP contribution in [0.1, 0.15) is 5.56 Å². The maximum atomic E-state index is 12.1. The zero-order valence-corrected chi connectivity index (χ0v) is 12.3. The Labute approximate surface area is 123 Å². The number of anilines is 1. The molecule has 0 heterocycles. The summed E-state index contributed by atoms with van der Waals surface area (Å²) in [5, 5.41) is 0. The van der Waals surface area contributed by atoms with E-state index in [0.717, 1.165) is 11.8 Å². The van der Waals surface area contributed by atoms with E-state index in [1.54, 1.807) is 30.3 Å². The number of amides is 1. The van der Waals surface area contributed by atoms with Gasteiger partial charge in [0.05, 0.1) is 11.9 Å². The molecule has 0 spiro atoms. The largest absolute Gasteiger partial charge is 0.444 e. The second-order valence-corrected chi connectivity index (χ2v) is 6.23. The van der Waals surface area contributed by atoms with Crippen molar-refractivity contribution < 1.29 is 17.9 Å². The van der Waals surface area contributed by atoms with Gasteiger partial charge in [-0.1, -0.05) is 48.5 Å². The van der Waals surface area contributed by atoms with Gasteiger partial charge in [0.2, 0.25) is 10.0 Å². The first-order valence-corrected chi connectivity index (χ1v) is 8.09. The molecule has 2 aromatic rings. The monoisotopic (exact) mass is 305 g/mol. The standard InChI is InChI=1S/C15H15NO4S/c1-21(18,19)16(14-10-6-3-7-11-14)15(17)20-12-13-8-4-2-5-9-13/h2-11H,12H2,1H3. The molecule has 0 aliphatic carbocycles. The molecule has 1 amide bonds. The van der Waals surface area contributed by atoms with Crippen LogP contribution in [-0.4, -0.2) is 20.8 Å². The smallest absolute Gasteiger partial charge is 0.428 e. The van der Waals surface area contributed by atoms with Crippen molar-refractivity contribution in [1.29, 1.82) is 0 Å². The van der Waals surface area contributed by atoms with Crippen molar-refractivity contribution in [1.82, 2.24) is 0 Å². The third kappa shape index (κ3) is 4.06. The Morgan fingerprint density at radius 2 is 1.52 bits per heavy atom. The highest BCUT2D eigenvalue weighted by atomic mass is 32.2. The summed E-state index contributed by atoms with van der Waals surface area (Å²) in [6.45, 7) is 0.0124. The summed E-state index contributed by atoms with van der Waals surface area (Å²) in [5.41, 5.74) is 1.03. The summed E-state index contributed by atoms with van der Waals surface area (Å²) in [4.78, 5) is 12.1. The fourth-order valence-electron chi connectivity index (χ4n) is 1.77. The number of hydrogen-bond donors (Lipinski definition) is 0. The van der Waals surface area contributed by atoms with Crippen molar-refractivity contribution in [2.45, 2.75) is 6.61 Å². The van der Waals surface area contributed by atoms with E-state index < -0.39 is 16.1 Å². The molecule has 0 atom stereocenters. The highest BCUT2D eigenvalue weighted by molar-refractivity contribution is 7.92. The zero-order chi connectivity index (χ0) is 15.3. The summed E-state index contributed by atoms with van der Waals surface area (Å²) in [5.74, 6) is 0. The minimum atomic E-state index is -3.76. The molecular weight excluding hydrogens is 290 g/mol. The lowest BCUT2D eigenvalue weighted by molar-refractivity contribution is 0.151. The number of ether oxygens (including phenoxy) is 1. The number of carbonyl (C=O) groups is 1. The average molecular weight is 305 g/mol. The molecule has 5 nitrogen and oxygen atoms in total. The molecule has 0 fully saturated rings. The molecule has 0 saturated heterocycles. The Bertz CT molecular complexity index is 699. The van der Waals surface area contributed by atoms with Crippen molar-refractivity contribution in [3.63, 3.8) is 0 Å². The molecule has 0 aromatic heterocycles. The van der Waals surface area contributed by atoms with Crippen LogP contribution in [0.3, 0.4) is 0 Å². The molecule has 110 valence electrons. The molecule has 0 aliphatic rings. The van der Waals surface area contributed by atoms with E-state index >= 15 is 0 Å². The van der Waals surface area contributed by atoms with Crippen molar-refractivity contribution in [3.05, 3.63) is 66.2 Å². The van der Waals surface area contributed by atoms with Crippen LogP contribution in [0.4, 0.5) is 10.5 Å². The molecule has 0 N–H and O–H groups in total. The Morgan fingerprint density at radius 1 is 1.00 bits per heavy atom. The fourth-order valence-corrected chi connectivity index (χ4v) is 2.60. The van der Waals surface area contributed by atoms with Gasteiger partial charge in [-0.25, -0.2) is 13.2 Å². The highest BCUT2D eigenvalue weighted by Crippen LogP contribution is 2.18. The first kappa shape index (κ1) is 15.1. The van der Waals surface area contributed by atoms with Crippen LogP contribution in [0.5, 0.6) is 0 Å². The number of rotatable bonds is 4. The summed E-state index contributed by atoms with van der Waals surface area (Å²) < 4.78 is 29.3. The van der Waals surface area contributed by atoms with Crippen LogP contribution in [0.15, 0.2) is 60.7 Å². The van der Waals surface area contributed by atoms with Gasteiger partial charge in [-0.15, -0.1) is 0 Å². The minimum Gasteiger partial charge on any atom is -0.444 e. The van der Waals surface area contributed by atoms with Gasteiger partial charge in [0.15, 0.2) is 0 Å². The molecule has 0 unspecified atom stereocenters. The van der Waals surface area contributed by atoms with E-state index in [-0.39, 0.29) is 12.3 Å². The van der Waals surface area contributed by atoms with Gasteiger partial charge in [-0.2, -0.15) is 4.31 Å². The van der Waals surface area contributed by atoms with E-state index in [0.29, 0.717) is 4.31 Å². The maximum absolute atomic E-state index is 12.1. The Hall–Kier alpha value is -2.34. The molecule has 0 radical (unpaired) electrons. The molecular formula is C15H15NO4S. The number of sulfonamides is 1. The molecule has 21 heavy (non-hydrogen) atoms. The zero-order valence-electron chi connectivity index (χ0n) is 11.5. The molecule has 0 saturated carbocycles. The van der Waals surface area contributed by atoms with Crippen molar-refractivity contribution in [2.24, 2.45) is 0 Å². The summed E-state index contributed by atoms with van der Waals surface area (Å²) in [6, 6.07) is 17.2. The normalized spacial score (nSPS) is 10.9. The second kappa shape index (κ2) is 6.41. The van der Waals surface area contributed by atoms with Crippen molar-refractivity contribution in [2.75, 3.05) is 10.6 Å². The maximum Gasteiger partial charge on any atom is 0.428 e. The molecule has 2 aromatic carbocycles. The Balaban J connectivity index is 2.17. The quantitative estimate of drug-likeness (QED) is 0.871. The van der Waals surface area contributed by atoms with Crippen LogP contribution >= 0.6 is 0 Å². The lowest BCUT2D eigenvalue weighted by Crippen LogP contribution is -2.36. The second-order valence-electron chi connectivity index (χ2n) is 4.40. The number of para-hydroxylation sites is 1. The number of hydrogen-bond acceptors (Lipinski definition) is 4. The van der Waals surface area contributed by atoms with E-state index in [1.165, 1.54) is 12.1 Å². The highest BCUT2D eigenvalue weighted by Gasteiger charge is 2.26. The number of benzene rings is 2. The van der Waals surface area contributed by atoms with Gasteiger partial charge >= 0.3 is 6.09 Å². The molecule has 0 aliphatic heterocycles. The summed E-state index contributed by atoms with van der Waals surface area (Å²) in [6.07, 6.45) is 0.0385. The third-order valence-electron chi connectivity index (χ3n) is 2.69. The van der Waals surface area contributed by atoms with Gasteiger partial charge in [0, 0.05) is 0 Å². The van der Waals surface area contributed by atoms with Gasteiger partial charge in [-0.3, -0.25) is 0 Å². The Morgan fingerprint density at radius 3 is 2.05 bits per heavy atom. The summed E-state index contributed by atoms with van der Waals surface area (Å²) in [7, 11) is -3.76. The first-order chi connectivity index (χ1) is 9.98. The van der Waals surface area contributed by atoms with Crippen molar-refractivity contribution >= 4 is 21.8 Å². The van der Waals surface area contributed by atoms with Crippen LogP contribution in [0.25, 0.3) is 0 Å². The van der Waals surface area contributed by atoms with E-state index in [9.17, 15) is 13.2 Å². The first-order valence-electron chi connectivity index (χ1n) is 6.24. The predicted octanol–water partition coefficient (Wildman–Crippen LogP) is 2.79. The third-order valence-corrected chi connectivity index (χ3v) is 3.72. The number of carbonyl (C=O) groups excluding carboxylic acids is 1. The predicted molar refractivity (Wildman–Crippen MR) is 80.4 cm³/mol. The van der Waals surface area contributed by atoms with Gasteiger partial charge in [-0.05, 0) is 17.7 Å². The van der Waals surface area contributed by atoms with Crippen molar-refractivity contribution in [3.8, 4) is 0 Å². The van der Waals surface area contributed by atoms with Crippen LogP contribution in [-0.2, 0) is 21.4 Å². The van der Waals surface area contributed by atoms with Crippen LogP contribution in [0, 0.1) is 0 Å². The number of nitrogens with zero attached hydrogens (tertiary/aromatic N) is 1. The lowest BCUT2D eigenvalue weighted by Gasteiger charge is -2.19. The van der Waals surface area contributed by atoms with E-state index in [4.69, 9.17) is 4.74 Å². The van der Waals surface area contributed by atoms with Crippen LogP contribution < -0.4 is 4.31 Å². The van der Waals surface area contributed by atoms with Crippen LogP contribution in [0.2, 0.25) is 0 Å². The average Bonchev–Trinajstić information content (AvgIpc) is 2.46. The summed E-state index contributed by atoms with van der Waals surface area (Å²) >= 11 is 0. The molecule has 2 rings (SSSR count). The topological polar surface area (TPSA) is 63.7 Å². The Kier molecular flexibility index (Phi) is 4.59. The SMILES string of the molecule is CS(=O)(=O)N(C(=O)OCc1ccccc1)c1ccccc1. The fraction of sp³-hybridized carbons (Fsp3) is 0.133. The van der Waals surface area contributed by atoms with Gasteiger partial charge < -0.3 is 4.74 Å². The van der Waals surface area contributed by atoms with E-state index in [2.05, 4.69) is 0 Å². The van der Waals surface area contributed by atoms with Gasteiger partial charge in [0.1, 0.15) is 6.61 Å². The minimum absolute atomic E-state index is 0.0124. The van der Waals surface area contributed by atoms with E-state index in [1.807, 2.05) is 18.2 Å². The lowest BCUT2D eigenvalue weighted by atomic mass is 10.2. The molecule has 0 bridgehead atoms. The molecule has 6 heteroatoms. The van der Waals surface area contributed by atoms with Gasteiger partial charge in [0.25, 0.3) is 0 Å².